The van der Waals surface area contributed by atoms with Gasteiger partial charge in [-0.2, -0.15) is 0 Å². The van der Waals surface area contributed by atoms with Crippen LogP contribution in [0.5, 0.6) is 0 Å². The molecule has 1 rings (SSSR count). The van der Waals surface area contributed by atoms with E-state index in [2.05, 4.69) is 5.32 Å². The van der Waals surface area contributed by atoms with E-state index in [1.54, 1.807) is 18.9 Å². The van der Waals surface area contributed by atoms with E-state index in [0.717, 1.165) is 5.56 Å². The zero-order chi connectivity index (χ0) is 14.4. The molecule has 1 aromatic carbocycles. The number of nitrogens with two attached hydrogens (primary N) is 1. The van der Waals surface area contributed by atoms with Gasteiger partial charge in [0.2, 0.25) is 11.8 Å². The highest BCUT2D eigenvalue weighted by Crippen LogP contribution is 2.11. The number of rotatable bonds is 6. The lowest BCUT2D eigenvalue weighted by atomic mass is 10.1. The number of likely N-dealkylation sites (N-methyl/N-ethyl adjacent to an activating group) is 1. The molecule has 2 amide bonds. The highest BCUT2D eigenvalue weighted by molar-refractivity contribution is 5.83. The first-order valence-electron chi connectivity index (χ1n) is 6.25. The third-order valence-corrected chi connectivity index (χ3v) is 3.10. The number of nitrogens with zero attached hydrogens (tertiary/aromatic N) is 1. The van der Waals surface area contributed by atoms with E-state index in [0.29, 0.717) is 0 Å². The second-order valence-electron chi connectivity index (χ2n) is 4.70. The van der Waals surface area contributed by atoms with E-state index in [4.69, 9.17) is 5.73 Å². The Morgan fingerprint density at radius 2 is 1.84 bits per heavy atom. The molecule has 0 spiro atoms. The molecule has 0 aliphatic heterocycles. The molecule has 104 valence electrons. The van der Waals surface area contributed by atoms with Crippen LogP contribution in [-0.4, -0.2) is 36.3 Å². The van der Waals surface area contributed by atoms with Gasteiger partial charge in [-0.25, -0.2) is 0 Å². The summed E-state index contributed by atoms with van der Waals surface area (Å²) in [5.41, 5.74) is 6.15. The fourth-order valence-corrected chi connectivity index (χ4v) is 1.74. The van der Waals surface area contributed by atoms with E-state index in [9.17, 15) is 9.59 Å². The van der Waals surface area contributed by atoms with Crippen LogP contribution < -0.4 is 11.1 Å². The lowest BCUT2D eigenvalue weighted by Gasteiger charge is -2.24. The molecule has 0 aromatic heterocycles. The molecule has 0 aliphatic carbocycles. The van der Waals surface area contributed by atoms with Crippen LogP contribution in [0.15, 0.2) is 30.3 Å². The largest absolute Gasteiger partial charge is 0.369 e. The predicted octanol–water partition coefficient (Wildman–Crippen LogP) is 0.669. The highest BCUT2D eigenvalue weighted by Gasteiger charge is 2.20. The quantitative estimate of drug-likeness (QED) is 0.792. The summed E-state index contributed by atoms with van der Waals surface area (Å²) in [4.78, 5) is 24.5. The van der Waals surface area contributed by atoms with Gasteiger partial charge in [0, 0.05) is 0 Å². The van der Waals surface area contributed by atoms with Crippen LogP contribution in [0.2, 0.25) is 0 Å². The molecule has 0 saturated carbocycles. The Labute approximate surface area is 113 Å². The zero-order valence-corrected chi connectivity index (χ0v) is 11.6. The summed E-state index contributed by atoms with van der Waals surface area (Å²) in [6.07, 6.45) is 0. The Kier molecular flexibility index (Phi) is 5.51. The molecular weight excluding hydrogens is 242 g/mol. The summed E-state index contributed by atoms with van der Waals surface area (Å²) >= 11 is 0. The molecule has 0 bridgehead atoms. The van der Waals surface area contributed by atoms with Crippen molar-refractivity contribution in [3.8, 4) is 0 Å². The number of hydrogen-bond donors (Lipinski definition) is 2. The van der Waals surface area contributed by atoms with Crippen LogP contribution in [0, 0.1) is 0 Å². The predicted molar refractivity (Wildman–Crippen MR) is 74.3 cm³/mol. The molecule has 3 N–H and O–H groups in total. The molecule has 0 radical (unpaired) electrons. The normalized spacial score (nSPS) is 13.9. The van der Waals surface area contributed by atoms with Crippen LogP contribution in [0.3, 0.4) is 0 Å². The maximum Gasteiger partial charge on any atom is 0.237 e. The van der Waals surface area contributed by atoms with Gasteiger partial charge in [-0.05, 0) is 26.5 Å². The molecule has 1 aromatic rings. The Hall–Kier alpha value is -1.88. The van der Waals surface area contributed by atoms with Crippen molar-refractivity contribution >= 4 is 11.8 Å². The molecule has 2 atom stereocenters. The van der Waals surface area contributed by atoms with Gasteiger partial charge in [0.15, 0.2) is 0 Å². The molecule has 0 unspecified atom stereocenters. The monoisotopic (exact) mass is 263 g/mol. The van der Waals surface area contributed by atoms with Crippen molar-refractivity contribution in [1.82, 2.24) is 10.2 Å². The molecule has 0 fully saturated rings. The summed E-state index contributed by atoms with van der Waals surface area (Å²) in [5.74, 6) is -0.571. The van der Waals surface area contributed by atoms with E-state index < -0.39 is 11.9 Å². The summed E-state index contributed by atoms with van der Waals surface area (Å²) in [6.45, 7) is 3.73. The molecular formula is C14H21N3O2. The van der Waals surface area contributed by atoms with E-state index in [1.807, 2.05) is 37.3 Å². The average molecular weight is 263 g/mol. The van der Waals surface area contributed by atoms with Crippen LogP contribution in [0.1, 0.15) is 25.5 Å². The van der Waals surface area contributed by atoms with Gasteiger partial charge in [0.05, 0.1) is 18.6 Å². The minimum atomic E-state index is -0.446. The van der Waals surface area contributed by atoms with Gasteiger partial charge in [-0.3, -0.25) is 14.5 Å². The van der Waals surface area contributed by atoms with Gasteiger partial charge in [0.25, 0.3) is 0 Å². The molecule has 5 nitrogen and oxygen atoms in total. The van der Waals surface area contributed by atoms with Crippen molar-refractivity contribution in [2.24, 2.45) is 5.73 Å². The van der Waals surface area contributed by atoms with Crippen LogP contribution in [0.4, 0.5) is 0 Å². The van der Waals surface area contributed by atoms with E-state index in [-0.39, 0.29) is 18.5 Å². The summed E-state index contributed by atoms with van der Waals surface area (Å²) < 4.78 is 0. The molecule has 0 aliphatic rings. The first-order chi connectivity index (χ1) is 8.91. The lowest BCUT2D eigenvalue weighted by molar-refractivity contribution is -0.127. The SMILES string of the molecule is C[C@H](C(=O)N[C@H](C)c1ccccc1)N(C)CC(N)=O. The fraction of sp³-hybridized carbons (Fsp3) is 0.429. The number of nitrogens with one attached hydrogen (secondary N) is 1. The van der Waals surface area contributed by atoms with E-state index >= 15 is 0 Å². The Morgan fingerprint density at radius 3 is 2.37 bits per heavy atom. The van der Waals surface area contributed by atoms with Crippen LogP contribution in [-0.2, 0) is 9.59 Å². The molecule has 0 heterocycles. The van der Waals surface area contributed by atoms with Crippen molar-refractivity contribution < 1.29 is 9.59 Å². The standard InChI is InChI=1S/C14H21N3O2/c1-10(12-7-5-4-6-8-12)16-14(19)11(2)17(3)9-13(15)18/h4-8,10-11H,9H2,1-3H3,(H2,15,18)(H,16,19)/t10-,11-/m1/s1. The van der Waals surface area contributed by atoms with Gasteiger partial charge < -0.3 is 11.1 Å². The van der Waals surface area contributed by atoms with Crippen molar-refractivity contribution in [3.63, 3.8) is 0 Å². The number of primary amides is 1. The average Bonchev–Trinajstić information content (AvgIpc) is 2.37. The smallest absolute Gasteiger partial charge is 0.237 e. The van der Waals surface area contributed by atoms with Crippen molar-refractivity contribution in [2.75, 3.05) is 13.6 Å². The number of carbonyl (C=O) groups is 2. The second kappa shape index (κ2) is 6.89. The number of hydrogen-bond acceptors (Lipinski definition) is 3. The summed E-state index contributed by atoms with van der Waals surface area (Å²) in [5, 5.41) is 2.92. The third-order valence-electron chi connectivity index (χ3n) is 3.10. The Balaban J connectivity index is 2.57. The highest BCUT2D eigenvalue weighted by atomic mass is 16.2. The molecule has 5 heteroatoms. The third kappa shape index (κ3) is 4.71. The molecule has 0 saturated heterocycles. The lowest BCUT2D eigenvalue weighted by Crippen LogP contribution is -2.46. The van der Waals surface area contributed by atoms with Gasteiger partial charge in [0.1, 0.15) is 0 Å². The maximum atomic E-state index is 12.0. The number of amides is 2. The topological polar surface area (TPSA) is 75.4 Å². The first kappa shape index (κ1) is 15.2. The Morgan fingerprint density at radius 1 is 1.26 bits per heavy atom. The van der Waals surface area contributed by atoms with Crippen molar-refractivity contribution in [2.45, 2.75) is 25.9 Å². The van der Waals surface area contributed by atoms with Gasteiger partial charge >= 0.3 is 0 Å². The zero-order valence-electron chi connectivity index (χ0n) is 11.6. The van der Waals surface area contributed by atoms with Crippen LogP contribution >= 0.6 is 0 Å². The fourth-order valence-electron chi connectivity index (χ4n) is 1.74. The molecule has 19 heavy (non-hydrogen) atoms. The number of carbonyl (C=O) groups excluding carboxylic acids is 2. The van der Waals surface area contributed by atoms with E-state index in [1.165, 1.54) is 0 Å². The van der Waals surface area contributed by atoms with Gasteiger partial charge in [-0.15, -0.1) is 0 Å². The van der Waals surface area contributed by atoms with Crippen LogP contribution in [0.25, 0.3) is 0 Å². The number of benzene rings is 1. The minimum Gasteiger partial charge on any atom is -0.369 e. The maximum absolute atomic E-state index is 12.0. The first-order valence-corrected chi connectivity index (χ1v) is 6.25. The van der Waals surface area contributed by atoms with Crippen molar-refractivity contribution in [3.05, 3.63) is 35.9 Å². The Bertz CT molecular complexity index is 434. The van der Waals surface area contributed by atoms with Gasteiger partial charge in [-0.1, -0.05) is 30.3 Å². The van der Waals surface area contributed by atoms with Crippen molar-refractivity contribution in [1.29, 1.82) is 0 Å². The minimum absolute atomic E-state index is 0.0638. The second-order valence-corrected chi connectivity index (χ2v) is 4.70. The summed E-state index contributed by atoms with van der Waals surface area (Å²) in [6, 6.07) is 9.24. The summed E-state index contributed by atoms with van der Waals surface area (Å²) in [7, 11) is 1.70.